The van der Waals surface area contributed by atoms with Gasteiger partial charge in [-0.3, -0.25) is 9.98 Å². The summed E-state index contributed by atoms with van der Waals surface area (Å²) >= 11 is 0. The number of ether oxygens (including phenoxy) is 1. The molecule has 2 aliphatic rings. The van der Waals surface area contributed by atoms with E-state index in [2.05, 4.69) is 47.2 Å². The predicted octanol–water partition coefficient (Wildman–Crippen LogP) is 5.53. The monoisotopic (exact) mass is 424 g/mol. The molecular weight excluding hydrogens is 396 g/mol. The van der Waals surface area contributed by atoms with E-state index < -0.39 is 0 Å². The molecule has 0 saturated carbocycles. The Labute approximate surface area is 187 Å². The molecule has 2 aromatic heterocycles. The molecule has 6 rings (SSSR count). The molecule has 2 aliphatic heterocycles. The summed E-state index contributed by atoms with van der Waals surface area (Å²) in [5.74, 6) is 0.884. The number of nitrogens with one attached hydrogen (secondary N) is 2. The summed E-state index contributed by atoms with van der Waals surface area (Å²) in [6.45, 7) is 3.90. The van der Waals surface area contributed by atoms with E-state index >= 15 is 0 Å². The van der Waals surface area contributed by atoms with Crippen LogP contribution in [-0.2, 0) is 12.8 Å². The standard InChI is InChI=1S/C27H28N4O/c1-16-6-8-18-20-10-12-28-22(26(20)30-24(18)14-16)4-3-5-23-27-21(11-13-29-23)19-9-7-17(32-2)15-25(19)31-27/h6-9,14-15,30-31H,3-5,10-13H2,1-2H3. The van der Waals surface area contributed by atoms with Crippen molar-refractivity contribution in [3.8, 4) is 5.75 Å². The van der Waals surface area contributed by atoms with Crippen LogP contribution >= 0.6 is 0 Å². The molecule has 162 valence electrons. The Morgan fingerprint density at radius 2 is 1.41 bits per heavy atom. The lowest BCUT2D eigenvalue weighted by Crippen LogP contribution is -2.15. The molecule has 32 heavy (non-hydrogen) atoms. The van der Waals surface area contributed by atoms with Gasteiger partial charge in [0.25, 0.3) is 0 Å². The molecule has 0 bridgehead atoms. The zero-order valence-corrected chi connectivity index (χ0v) is 18.7. The normalized spacial score (nSPS) is 15.4. The van der Waals surface area contributed by atoms with Gasteiger partial charge in [-0.25, -0.2) is 0 Å². The minimum absolute atomic E-state index is 0.869. The highest BCUT2D eigenvalue weighted by atomic mass is 16.5. The van der Waals surface area contributed by atoms with E-state index in [0.29, 0.717) is 0 Å². The van der Waals surface area contributed by atoms with Crippen LogP contribution in [-0.4, -0.2) is 41.6 Å². The van der Waals surface area contributed by atoms with Gasteiger partial charge in [0.1, 0.15) is 5.75 Å². The molecule has 2 aromatic carbocycles. The van der Waals surface area contributed by atoms with Gasteiger partial charge in [-0.2, -0.15) is 0 Å². The number of benzene rings is 2. The third-order valence-electron chi connectivity index (χ3n) is 6.91. The molecule has 5 nitrogen and oxygen atoms in total. The number of methoxy groups -OCH3 is 1. The van der Waals surface area contributed by atoms with Crippen LogP contribution < -0.4 is 4.74 Å². The topological polar surface area (TPSA) is 65.5 Å². The van der Waals surface area contributed by atoms with Crippen molar-refractivity contribution in [3.05, 3.63) is 64.5 Å². The number of aliphatic imine (C=N–C) groups is 2. The van der Waals surface area contributed by atoms with E-state index in [1.165, 1.54) is 55.8 Å². The first-order valence-corrected chi connectivity index (χ1v) is 11.6. The van der Waals surface area contributed by atoms with Gasteiger partial charge in [0.05, 0.1) is 29.9 Å². The SMILES string of the molecule is COc1ccc2c3c([nH]c2c1)C(CCCC1=NCCc2c1[nH]c1cc(C)ccc21)=NCC3. The molecule has 0 saturated heterocycles. The lowest BCUT2D eigenvalue weighted by atomic mass is 9.96. The van der Waals surface area contributed by atoms with Gasteiger partial charge in [-0.05, 0) is 73.9 Å². The summed E-state index contributed by atoms with van der Waals surface area (Å²) in [4.78, 5) is 17.1. The average molecular weight is 425 g/mol. The van der Waals surface area contributed by atoms with Crippen LogP contribution in [0, 0.1) is 6.92 Å². The number of fused-ring (bicyclic) bond motifs is 6. The number of hydrogen-bond acceptors (Lipinski definition) is 3. The van der Waals surface area contributed by atoms with Crippen LogP contribution in [0.5, 0.6) is 5.75 Å². The Morgan fingerprint density at radius 3 is 2.03 bits per heavy atom. The molecule has 2 N–H and O–H groups in total. The van der Waals surface area contributed by atoms with Crippen LogP contribution in [0.25, 0.3) is 21.8 Å². The van der Waals surface area contributed by atoms with Gasteiger partial charge >= 0.3 is 0 Å². The maximum absolute atomic E-state index is 5.40. The maximum atomic E-state index is 5.40. The summed E-state index contributed by atoms with van der Waals surface area (Å²) < 4.78 is 5.40. The minimum Gasteiger partial charge on any atom is -0.497 e. The number of nitrogens with zero attached hydrogens (tertiary/aromatic N) is 2. The molecule has 0 radical (unpaired) electrons. The second-order valence-electron chi connectivity index (χ2n) is 8.93. The Morgan fingerprint density at radius 1 is 0.812 bits per heavy atom. The van der Waals surface area contributed by atoms with Crippen molar-refractivity contribution in [2.75, 3.05) is 20.2 Å². The third-order valence-corrected chi connectivity index (χ3v) is 6.91. The second-order valence-corrected chi connectivity index (χ2v) is 8.93. The van der Waals surface area contributed by atoms with E-state index in [0.717, 1.165) is 56.5 Å². The smallest absolute Gasteiger partial charge is 0.120 e. The largest absolute Gasteiger partial charge is 0.497 e. The van der Waals surface area contributed by atoms with Crippen molar-refractivity contribution in [1.29, 1.82) is 0 Å². The first kappa shape index (κ1) is 19.4. The molecule has 4 heterocycles. The molecule has 4 aromatic rings. The Balaban J connectivity index is 1.22. The van der Waals surface area contributed by atoms with E-state index in [9.17, 15) is 0 Å². The zero-order valence-electron chi connectivity index (χ0n) is 18.7. The summed E-state index contributed by atoms with van der Waals surface area (Å²) in [6.07, 6.45) is 5.00. The van der Waals surface area contributed by atoms with Gasteiger partial charge in [0, 0.05) is 41.0 Å². The molecule has 0 spiro atoms. The van der Waals surface area contributed by atoms with Crippen LogP contribution in [0.15, 0.2) is 46.4 Å². The molecule has 0 unspecified atom stereocenters. The molecular formula is C27H28N4O. The highest BCUT2D eigenvalue weighted by Crippen LogP contribution is 2.31. The van der Waals surface area contributed by atoms with Crippen molar-refractivity contribution in [2.24, 2.45) is 9.98 Å². The predicted molar refractivity (Wildman–Crippen MR) is 132 cm³/mol. The summed E-state index contributed by atoms with van der Waals surface area (Å²) in [7, 11) is 1.71. The number of hydrogen-bond donors (Lipinski definition) is 2. The van der Waals surface area contributed by atoms with Crippen molar-refractivity contribution in [2.45, 2.75) is 39.0 Å². The van der Waals surface area contributed by atoms with Crippen LogP contribution in [0.1, 0.15) is 47.3 Å². The molecule has 5 heteroatoms. The fraction of sp³-hybridized carbons (Fsp3) is 0.333. The van der Waals surface area contributed by atoms with Gasteiger partial charge in [-0.1, -0.05) is 12.1 Å². The lowest BCUT2D eigenvalue weighted by Gasteiger charge is -2.15. The van der Waals surface area contributed by atoms with Crippen LogP contribution in [0.3, 0.4) is 0 Å². The number of H-pyrrole nitrogens is 2. The number of rotatable bonds is 5. The van der Waals surface area contributed by atoms with Crippen molar-refractivity contribution >= 4 is 33.2 Å². The zero-order chi connectivity index (χ0) is 21.7. The fourth-order valence-corrected chi connectivity index (χ4v) is 5.34. The van der Waals surface area contributed by atoms with E-state index in [1.54, 1.807) is 7.11 Å². The first-order valence-electron chi connectivity index (χ1n) is 11.6. The third kappa shape index (κ3) is 3.15. The van der Waals surface area contributed by atoms with Crippen molar-refractivity contribution in [3.63, 3.8) is 0 Å². The van der Waals surface area contributed by atoms with Crippen LogP contribution in [0.4, 0.5) is 0 Å². The van der Waals surface area contributed by atoms with Gasteiger partial charge in [-0.15, -0.1) is 0 Å². The fourth-order valence-electron chi connectivity index (χ4n) is 5.34. The van der Waals surface area contributed by atoms with E-state index in [4.69, 9.17) is 14.7 Å². The number of aromatic nitrogens is 2. The number of aromatic amines is 2. The average Bonchev–Trinajstić information content (AvgIpc) is 3.37. The Hall–Kier alpha value is -3.34. The summed E-state index contributed by atoms with van der Waals surface area (Å²) in [5, 5.41) is 2.65. The van der Waals surface area contributed by atoms with Crippen molar-refractivity contribution < 1.29 is 4.74 Å². The highest BCUT2D eigenvalue weighted by Gasteiger charge is 2.22. The molecule has 0 fully saturated rings. The highest BCUT2D eigenvalue weighted by molar-refractivity contribution is 6.08. The molecule has 0 atom stereocenters. The number of aryl methyl sites for hydroxylation is 1. The van der Waals surface area contributed by atoms with Crippen molar-refractivity contribution in [1.82, 2.24) is 9.97 Å². The minimum atomic E-state index is 0.869. The quantitative estimate of drug-likeness (QED) is 0.435. The van der Waals surface area contributed by atoms with Gasteiger partial charge in [0.2, 0.25) is 0 Å². The van der Waals surface area contributed by atoms with Crippen LogP contribution in [0.2, 0.25) is 0 Å². The van der Waals surface area contributed by atoms with E-state index in [1.807, 2.05) is 6.07 Å². The van der Waals surface area contributed by atoms with E-state index in [-0.39, 0.29) is 0 Å². The Kier molecular flexibility index (Phi) is 4.63. The lowest BCUT2D eigenvalue weighted by molar-refractivity contribution is 0.415. The summed E-state index contributed by atoms with van der Waals surface area (Å²) in [5.41, 5.74) is 11.4. The Bertz CT molecular complexity index is 1400. The second kappa shape index (κ2) is 7.66. The molecule has 0 amide bonds. The summed E-state index contributed by atoms with van der Waals surface area (Å²) in [6, 6.07) is 13.0. The van der Waals surface area contributed by atoms with Gasteiger partial charge < -0.3 is 14.7 Å². The van der Waals surface area contributed by atoms with Gasteiger partial charge in [0.15, 0.2) is 0 Å². The maximum Gasteiger partial charge on any atom is 0.120 e. The molecule has 0 aliphatic carbocycles. The first-order chi connectivity index (χ1) is 15.7.